The van der Waals surface area contributed by atoms with Crippen LogP contribution in [0.25, 0.3) is 0 Å². The van der Waals surface area contributed by atoms with Gasteiger partial charge in [0.15, 0.2) is 0 Å². The smallest absolute Gasteiger partial charge is 0.413 e. The molecule has 0 unspecified atom stereocenters. The van der Waals surface area contributed by atoms with E-state index >= 15 is 0 Å². The number of carbonyl (C=O) groups excluding carboxylic acids is 1. The maximum absolute atomic E-state index is 11.4. The second kappa shape index (κ2) is 2.11. The Balaban J connectivity index is 4.95. The van der Waals surface area contributed by atoms with E-state index in [1.807, 2.05) is 0 Å². The van der Waals surface area contributed by atoms with E-state index in [4.69, 9.17) is 0 Å². The van der Waals surface area contributed by atoms with Crippen LogP contribution in [0.15, 0.2) is 0 Å². The van der Waals surface area contributed by atoms with Gasteiger partial charge in [-0.1, -0.05) is 3.89 Å². The first-order chi connectivity index (χ1) is 4.19. The van der Waals surface area contributed by atoms with Gasteiger partial charge in [0.25, 0.3) is 0 Å². The normalized spacial score (nSPS) is 13.1. The van der Waals surface area contributed by atoms with Crippen LogP contribution >= 0.6 is 0 Å². The standard InChI is InChI=1S/C2HF3O4S/c3-2(4,1(6)7)10(5,8)9/h(H,6,7)/p-1. The van der Waals surface area contributed by atoms with Crippen LogP contribution in [0.2, 0.25) is 0 Å². The molecule has 8 heteroatoms. The van der Waals surface area contributed by atoms with Crippen LogP contribution in [0.1, 0.15) is 0 Å². The summed E-state index contributed by atoms with van der Waals surface area (Å²) in [6.07, 6.45) is 0. The third kappa shape index (κ3) is 1.38. The molecule has 0 aromatic rings. The van der Waals surface area contributed by atoms with Crippen LogP contribution in [0, 0.1) is 0 Å². The molecule has 0 aromatic carbocycles. The number of rotatable bonds is 2. The van der Waals surface area contributed by atoms with Gasteiger partial charge in [-0.05, 0) is 0 Å². The first-order valence-corrected chi connectivity index (χ1v) is 3.11. The van der Waals surface area contributed by atoms with E-state index in [9.17, 15) is 31.0 Å². The maximum Gasteiger partial charge on any atom is 0.413 e. The number of carbonyl (C=O) groups is 1. The third-order valence-corrected chi connectivity index (χ3v) is 1.32. The van der Waals surface area contributed by atoms with Gasteiger partial charge in [0.2, 0.25) is 0 Å². The van der Waals surface area contributed by atoms with Crippen molar-refractivity contribution in [3.05, 3.63) is 0 Å². The number of hydrogen-bond donors (Lipinski definition) is 0. The molecule has 10 heavy (non-hydrogen) atoms. The first kappa shape index (κ1) is 9.21. The number of hydrogen-bond acceptors (Lipinski definition) is 4. The lowest BCUT2D eigenvalue weighted by atomic mass is 10.7. The van der Waals surface area contributed by atoms with E-state index in [1.165, 1.54) is 0 Å². The predicted molar refractivity (Wildman–Crippen MR) is 20.0 cm³/mol. The van der Waals surface area contributed by atoms with Crippen molar-refractivity contribution in [1.82, 2.24) is 0 Å². The molecule has 0 N–H and O–H groups in total. The second-order valence-corrected chi connectivity index (χ2v) is 2.63. The van der Waals surface area contributed by atoms with Crippen molar-refractivity contribution in [3.8, 4) is 0 Å². The second-order valence-electron chi connectivity index (χ2n) is 1.24. The summed E-state index contributed by atoms with van der Waals surface area (Å²) in [5, 5.41) is 3.74. The maximum atomic E-state index is 11.4. The zero-order valence-electron chi connectivity index (χ0n) is 4.18. The number of halogens is 3. The Morgan fingerprint density at radius 3 is 1.70 bits per heavy atom. The molecule has 0 saturated heterocycles. The van der Waals surface area contributed by atoms with E-state index in [1.54, 1.807) is 0 Å². The summed E-state index contributed by atoms with van der Waals surface area (Å²) in [5.74, 6) is -3.28. The minimum atomic E-state index is -6.40. The molecule has 0 aliphatic rings. The lowest BCUT2D eigenvalue weighted by Gasteiger charge is -2.10. The van der Waals surface area contributed by atoms with Gasteiger partial charge < -0.3 is 9.90 Å². The first-order valence-electron chi connectivity index (χ1n) is 1.73. The lowest BCUT2D eigenvalue weighted by Crippen LogP contribution is -2.45. The summed E-state index contributed by atoms with van der Waals surface area (Å²) in [5.41, 5.74) is 0. The summed E-state index contributed by atoms with van der Waals surface area (Å²) in [7, 11) is -6.40. The quantitative estimate of drug-likeness (QED) is 0.487. The van der Waals surface area contributed by atoms with Crippen LogP contribution in [0.5, 0.6) is 0 Å². The fraction of sp³-hybridized carbons (Fsp3) is 0.500. The van der Waals surface area contributed by atoms with Crippen molar-refractivity contribution in [1.29, 1.82) is 0 Å². The van der Waals surface area contributed by atoms with Gasteiger partial charge in [0.05, 0.1) is 0 Å². The number of carboxylic acid groups (broad SMARTS) is 1. The molecule has 0 heterocycles. The highest BCUT2D eigenvalue weighted by Crippen LogP contribution is 2.21. The van der Waals surface area contributed by atoms with Crippen molar-refractivity contribution >= 4 is 16.2 Å². The topological polar surface area (TPSA) is 74.3 Å². The van der Waals surface area contributed by atoms with Crippen LogP contribution in [0.3, 0.4) is 0 Å². The molecule has 0 aromatic heterocycles. The molecular weight excluding hydrogens is 177 g/mol. The highest BCUT2D eigenvalue weighted by molar-refractivity contribution is 7.88. The Hall–Kier alpha value is -0.790. The fourth-order valence-electron chi connectivity index (χ4n) is 0.0995. The minimum Gasteiger partial charge on any atom is -0.543 e. The van der Waals surface area contributed by atoms with Crippen LogP contribution in [-0.4, -0.2) is 19.6 Å². The summed E-state index contributed by atoms with van der Waals surface area (Å²) in [6, 6.07) is 0. The largest absolute Gasteiger partial charge is 0.543 e. The Bertz CT molecular complexity index is 241. The summed E-state index contributed by atoms with van der Waals surface area (Å²) < 4.78 is 52.6. The van der Waals surface area contributed by atoms with Crippen LogP contribution < -0.4 is 5.11 Å². The molecule has 0 amide bonds. The van der Waals surface area contributed by atoms with Gasteiger partial charge in [0.1, 0.15) is 5.97 Å². The highest BCUT2D eigenvalue weighted by atomic mass is 32.3. The highest BCUT2D eigenvalue weighted by Gasteiger charge is 2.47. The number of carboxylic acids is 1. The Labute approximate surface area is 53.5 Å². The van der Waals surface area contributed by atoms with E-state index < -0.39 is 21.4 Å². The molecule has 0 saturated carbocycles. The molecular formula is C2F3O4S-. The van der Waals surface area contributed by atoms with Gasteiger partial charge in [-0.2, -0.15) is 17.2 Å². The molecule has 0 spiro atoms. The van der Waals surface area contributed by atoms with E-state index in [0.29, 0.717) is 0 Å². The average molecular weight is 177 g/mol. The summed E-state index contributed by atoms with van der Waals surface area (Å²) >= 11 is 0. The monoisotopic (exact) mass is 177 g/mol. The van der Waals surface area contributed by atoms with E-state index in [-0.39, 0.29) is 0 Å². The van der Waals surface area contributed by atoms with Crippen LogP contribution in [0.4, 0.5) is 12.7 Å². The SMILES string of the molecule is O=C([O-])C(F)(F)S(=O)(=O)F. The molecule has 0 aliphatic carbocycles. The molecule has 60 valence electrons. The van der Waals surface area contributed by atoms with Crippen molar-refractivity contribution in [2.45, 2.75) is 5.25 Å². The van der Waals surface area contributed by atoms with Crippen molar-refractivity contribution in [2.24, 2.45) is 0 Å². The van der Waals surface area contributed by atoms with Crippen molar-refractivity contribution in [3.63, 3.8) is 0 Å². The van der Waals surface area contributed by atoms with E-state index in [2.05, 4.69) is 0 Å². The van der Waals surface area contributed by atoms with Crippen LogP contribution in [-0.2, 0) is 15.0 Å². The van der Waals surface area contributed by atoms with Gasteiger partial charge in [0, 0.05) is 0 Å². The van der Waals surface area contributed by atoms with Crippen molar-refractivity contribution in [2.75, 3.05) is 0 Å². The lowest BCUT2D eigenvalue weighted by molar-refractivity contribution is -0.321. The molecule has 0 rings (SSSR count). The molecule has 0 bridgehead atoms. The third-order valence-electron chi connectivity index (χ3n) is 0.544. The number of aliphatic carboxylic acids is 1. The Kier molecular flexibility index (Phi) is 1.95. The molecule has 4 nitrogen and oxygen atoms in total. The van der Waals surface area contributed by atoms with Gasteiger partial charge >= 0.3 is 15.5 Å². The molecule has 0 atom stereocenters. The van der Waals surface area contributed by atoms with Gasteiger partial charge in [-0.3, -0.25) is 0 Å². The molecule has 0 aliphatic heterocycles. The zero-order chi connectivity index (χ0) is 8.58. The van der Waals surface area contributed by atoms with E-state index in [0.717, 1.165) is 0 Å². The number of alkyl halides is 2. The Morgan fingerprint density at radius 2 is 1.70 bits per heavy atom. The molecule has 0 fully saturated rings. The molecule has 0 radical (unpaired) electrons. The average Bonchev–Trinajstić information content (AvgIpc) is 1.62. The Morgan fingerprint density at radius 1 is 1.40 bits per heavy atom. The zero-order valence-corrected chi connectivity index (χ0v) is 4.99. The summed E-state index contributed by atoms with van der Waals surface area (Å²) in [6.45, 7) is 0. The van der Waals surface area contributed by atoms with Gasteiger partial charge in [-0.15, -0.1) is 0 Å². The van der Waals surface area contributed by atoms with Gasteiger partial charge in [-0.25, -0.2) is 0 Å². The minimum absolute atomic E-state index is 3.28. The fourth-order valence-corrected chi connectivity index (χ4v) is 0.299. The van der Waals surface area contributed by atoms with Crippen molar-refractivity contribution < 1.29 is 31.0 Å². The predicted octanol–water partition coefficient (Wildman–Crippen LogP) is -1.37. The summed E-state index contributed by atoms with van der Waals surface area (Å²) in [4.78, 5) is 9.19.